The Morgan fingerprint density at radius 3 is 2.58 bits per heavy atom. The molecule has 0 saturated carbocycles. The summed E-state index contributed by atoms with van der Waals surface area (Å²) in [6.07, 6.45) is 0. The lowest BCUT2D eigenvalue weighted by Crippen LogP contribution is -2.13. The van der Waals surface area contributed by atoms with E-state index in [9.17, 15) is 10.1 Å². The smallest absolute Gasteiger partial charge is 0.257 e. The van der Waals surface area contributed by atoms with E-state index in [2.05, 4.69) is 11.1 Å². The first-order valence-corrected chi connectivity index (χ1v) is 7.44. The number of aromatic nitrogens is 2. The first-order valence-electron chi connectivity index (χ1n) is 7.44. The molecule has 0 bridgehead atoms. The minimum Gasteiger partial charge on any atom is -0.497 e. The predicted octanol–water partition coefficient (Wildman–Crippen LogP) is 3.33. The van der Waals surface area contributed by atoms with Gasteiger partial charge in [0.05, 0.1) is 18.1 Å². The molecular formula is C19H13N3O2. The van der Waals surface area contributed by atoms with Gasteiger partial charge in [-0.25, -0.2) is 0 Å². The average molecular weight is 315 g/mol. The summed E-state index contributed by atoms with van der Waals surface area (Å²) in [5.41, 5.74) is 3.76. The van der Waals surface area contributed by atoms with Crippen molar-refractivity contribution in [2.24, 2.45) is 0 Å². The van der Waals surface area contributed by atoms with Gasteiger partial charge >= 0.3 is 0 Å². The van der Waals surface area contributed by atoms with Gasteiger partial charge in [-0.1, -0.05) is 24.3 Å². The highest BCUT2D eigenvalue weighted by atomic mass is 16.5. The number of imidazole rings is 1. The van der Waals surface area contributed by atoms with Crippen LogP contribution >= 0.6 is 0 Å². The maximum Gasteiger partial charge on any atom is 0.257 e. The van der Waals surface area contributed by atoms with Crippen molar-refractivity contribution in [1.82, 2.24) is 9.38 Å². The molecule has 0 unspecified atom stereocenters. The second-order valence-corrected chi connectivity index (χ2v) is 5.44. The summed E-state index contributed by atoms with van der Waals surface area (Å²) in [5.74, 6) is 0.723. The van der Waals surface area contributed by atoms with Crippen molar-refractivity contribution in [3.05, 3.63) is 70.5 Å². The van der Waals surface area contributed by atoms with Crippen LogP contribution in [0.4, 0.5) is 0 Å². The molecule has 5 nitrogen and oxygen atoms in total. The van der Waals surface area contributed by atoms with E-state index in [4.69, 9.17) is 4.74 Å². The molecule has 0 radical (unpaired) electrons. The van der Waals surface area contributed by atoms with E-state index in [1.165, 1.54) is 6.07 Å². The van der Waals surface area contributed by atoms with Crippen molar-refractivity contribution in [2.45, 2.75) is 0 Å². The molecular weight excluding hydrogens is 302 g/mol. The maximum absolute atomic E-state index is 12.6. The zero-order valence-corrected chi connectivity index (χ0v) is 12.9. The highest BCUT2D eigenvalue weighted by molar-refractivity contribution is 5.86. The number of nitriles is 1. The fraction of sp³-hybridized carbons (Fsp3) is 0.0526. The van der Waals surface area contributed by atoms with Crippen molar-refractivity contribution in [2.75, 3.05) is 7.11 Å². The van der Waals surface area contributed by atoms with Crippen LogP contribution in [0.25, 0.3) is 27.8 Å². The fourth-order valence-corrected chi connectivity index (χ4v) is 2.98. The topological polar surface area (TPSA) is 70.3 Å². The standard InChI is InChI=1S/C19H13N3O2/c1-24-13-8-6-12(7-9-13)14-10-18(23)22-17-5-3-2-4-16(17)21-19(22)15(14)11-20/h2-10,21H,1H3. The van der Waals surface area contributed by atoms with Crippen molar-refractivity contribution in [3.63, 3.8) is 0 Å². The molecule has 116 valence electrons. The zero-order valence-electron chi connectivity index (χ0n) is 12.9. The fourth-order valence-electron chi connectivity index (χ4n) is 2.98. The van der Waals surface area contributed by atoms with E-state index in [1.54, 1.807) is 11.5 Å². The molecule has 0 aliphatic heterocycles. The van der Waals surface area contributed by atoms with Gasteiger partial charge in [-0.15, -0.1) is 0 Å². The van der Waals surface area contributed by atoms with Crippen molar-refractivity contribution >= 4 is 16.7 Å². The first-order chi connectivity index (χ1) is 11.7. The Hall–Kier alpha value is -3.52. The molecule has 0 fully saturated rings. The quantitative estimate of drug-likeness (QED) is 0.617. The largest absolute Gasteiger partial charge is 0.497 e. The number of nitrogens with one attached hydrogen (secondary N) is 1. The van der Waals surface area contributed by atoms with Crippen molar-refractivity contribution in [1.29, 1.82) is 5.26 Å². The molecule has 0 saturated heterocycles. The van der Waals surface area contributed by atoms with E-state index in [0.717, 1.165) is 22.3 Å². The van der Waals surface area contributed by atoms with Crippen LogP contribution in [0.5, 0.6) is 5.75 Å². The molecule has 4 aromatic rings. The monoisotopic (exact) mass is 315 g/mol. The van der Waals surface area contributed by atoms with Gasteiger partial charge in [0.2, 0.25) is 0 Å². The van der Waals surface area contributed by atoms with E-state index < -0.39 is 0 Å². The number of benzene rings is 2. The molecule has 0 aliphatic carbocycles. The molecule has 24 heavy (non-hydrogen) atoms. The van der Waals surface area contributed by atoms with Crippen molar-refractivity contribution in [3.8, 4) is 22.9 Å². The van der Waals surface area contributed by atoms with Gasteiger partial charge in [0, 0.05) is 11.6 Å². The van der Waals surface area contributed by atoms with Crippen LogP contribution in [-0.2, 0) is 0 Å². The normalized spacial score (nSPS) is 10.8. The summed E-state index contributed by atoms with van der Waals surface area (Å²) in [7, 11) is 1.60. The number of para-hydroxylation sites is 2. The molecule has 0 amide bonds. The molecule has 4 rings (SSSR count). The second kappa shape index (κ2) is 5.28. The Labute approximate surface area is 137 Å². The third-order valence-electron chi connectivity index (χ3n) is 4.13. The number of methoxy groups -OCH3 is 1. The Kier molecular flexibility index (Phi) is 3.10. The number of hydrogen-bond acceptors (Lipinski definition) is 3. The Morgan fingerprint density at radius 1 is 1.12 bits per heavy atom. The number of hydrogen-bond donors (Lipinski definition) is 1. The van der Waals surface area contributed by atoms with E-state index >= 15 is 0 Å². The molecule has 2 heterocycles. The molecule has 2 aromatic carbocycles. The molecule has 0 atom stereocenters. The van der Waals surface area contributed by atoms with Crippen molar-refractivity contribution < 1.29 is 4.74 Å². The van der Waals surface area contributed by atoms with Gasteiger partial charge in [-0.2, -0.15) is 5.26 Å². The van der Waals surface area contributed by atoms with Gasteiger partial charge in [0.15, 0.2) is 0 Å². The number of ether oxygens (including phenoxy) is 1. The summed E-state index contributed by atoms with van der Waals surface area (Å²) in [5, 5.41) is 9.68. The van der Waals surface area contributed by atoms with Crippen LogP contribution in [0, 0.1) is 11.3 Å². The summed E-state index contributed by atoms with van der Waals surface area (Å²) in [6, 6.07) is 18.5. The Bertz CT molecular complexity index is 1160. The summed E-state index contributed by atoms with van der Waals surface area (Å²) in [4.78, 5) is 15.8. The molecule has 5 heteroatoms. The van der Waals surface area contributed by atoms with Crippen LogP contribution in [0.15, 0.2) is 59.4 Å². The summed E-state index contributed by atoms with van der Waals surface area (Å²) < 4.78 is 6.70. The molecule has 2 aromatic heterocycles. The molecule has 0 aliphatic rings. The second-order valence-electron chi connectivity index (χ2n) is 5.44. The molecule has 0 spiro atoms. The third kappa shape index (κ3) is 1.97. The summed E-state index contributed by atoms with van der Waals surface area (Å²) in [6.45, 7) is 0. The highest BCUT2D eigenvalue weighted by Crippen LogP contribution is 2.28. The summed E-state index contributed by atoms with van der Waals surface area (Å²) >= 11 is 0. The number of aromatic amines is 1. The lowest BCUT2D eigenvalue weighted by atomic mass is 10.0. The van der Waals surface area contributed by atoms with Crippen LogP contribution in [0.3, 0.4) is 0 Å². The predicted molar refractivity (Wildman–Crippen MR) is 92.2 cm³/mol. The number of nitrogens with zero attached hydrogens (tertiary/aromatic N) is 2. The Morgan fingerprint density at radius 2 is 1.88 bits per heavy atom. The van der Waals surface area contributed by atoms with Crippen LogP contribution in [0.1, 0.15) is 5.56 Å². The maximum atomic E-state index is 12.6. The number of rotatable bonds is 2. The average Bonchev–Trinajstić information content (AvgIpc) is 3.01. The van der Waals surface area contributed by atoms with Gasteiger partial charge < -0.3 is 9.72 Å². The lowest BCUT2D eigenvalue weighted by molar-refractivity contribution is 0.415. The lowest BCUT2D eigenvalue weighted by Gasteiger charge is -2.07. The zero-order chi connectivity index (χ0) is 16.7. The van der Waals surface area contributed by atoms with Crippen LogP contribution < -0.4 is 10.3 Å². The molecule has 1 N–H and O–H groups in total. The number of pyridine rings is 1. The number of fused-ring (bicyclic) bond motifs is 3. The first kappa shape index (κ1) is 14.1. The van der Waals surface area contributed by atoms with E-state index in [1.807, 2.05) is 48.5 Å². The van der Waals surface area contributed by atoms with E-state index in [-0.39, 0.29) is 5.56 Å². The Balaban J connectivity index is 2.08. The van der Waals surface area contributed by atoms with Gasteiger partial charge in [-0.05, 0) is 29.8 Å². The van der Waals surface area contributed by atoms with Gasteiger partial charge in [0.25, 0.3) is 5.56 Å². The van der Waals surface area contributed by atoms with Gasteiger partial charge in [-0.3, -0.25) is 9.20 Å². The van der Waals surface area contributed by atoms with E-state index in [0.29, 0.717) is 16.8 Å². The minimum atomic E-state index is -0.174. The highest BCUT2D eigenvalue weighted by Gasteiger charge is 2.15. The minimum absolute atomic E-state index is 0.174. The SMILES string of the molecule is COc1ccc(-c2cc(=O)n3c([nH]c4ccccc43)c2C#N)cc1. The van der Waals surface area contributed by atoms with Crippen LogP contribution in [-0.4, -0.2) is 16.5 Å². The van der Waals surface area contributed by atoms with Gasteiger partial charge in [0.1, 0.15) is 23.0 Å². The third-order valence-corrected chi connectivity index (χ3v) is 4.13. The van der Waals surface area contributed by atoms with Crippen LogP contribution in [0.2, 0.25) is 0 Å². The number of H-pyrrole nitrogens is 1.